The Balaban J connectivity index is 1.88. The Morgan fingerprint density at radius 1 is 0.944 bits per heavy atom. The van der Waals surface area contributed by atoms with Gasteiger partial charge >= 0.3 is 0 Å². The van der Waals surface area contributed by atoms with Gasteiger partial charge in [0.15, 0.2) is 0 Å². The summed E-state index contributed by atoms with van der Waals surface area (Å²) in [6.45, 7) is 0. The van der Waals surface area contributed by atoms with E-state index >= 15 is 0 Å². The number of halogens is 2. The predicted octanol–water partition coefficient (Wildman–Crippen LogP) is 4.91. The van der Waals surface area contributed by atoms with Gasteiger partial charge in [-0.2, -0.15) is 0 Å². The van der Waals surface area contributed by atoms with E-state index in [1.54, 1.807) is 11.8 Å². The van der Waals surface area contributed by atoms with Gasteiger partial charge in [0.25, 0.3) is 0 Å². The van der Waals surface area contributed by atoms with E-state index in [1.165, 1.54) is 5.56 Å². The number of anilines is 1. The molecule has 0 saturated carbocycles. The molecular formula is C14H13Cl2NS. The smallest absolute Gasteiger partial charge is 0.0603 e. The monoisotopic (exact) mass is 297 g/mol. The fourth-order valence-corrected chi connectivity index (χ4v) is 2.84. The quantitative estimate of drug-likeness (QED) is 0.641. The standard InChI is InChI=1S/C14H13Cl2NS/c15-13-6-5-12(9-14(13)16)18-8-7-10-1-3-11(17)4-2-10/h1-6,9H,7-8,17H2. The molecule has 2 rings (SSSR count). The van der Waals surface area contributed by atoms with Crippen molar-refractivity contribution in [2.75, 3.05) is 11.5 Å². The Morgan fingerprint density at radius 2 is 1.67 bits per heavy atom. The third kappa shape index (κ3) is 3.84. The average Bonchev–Trinajstić information content (AvgIpc) is 2.36. The summed E-state index contributed by atoms with van der Waals surface area (Å²) in [5.41, 5.74) is 7.74. The highest BCUT2D eigenvalue weighted by atomic mass is 35.5. The van der Waals surface area contributed by atoms with E-state index in [-0.39, 0.29) is 0 Å². The molecule has 2 N–H and O–H groups in total. The van der Waals surface area contributed by atoms with Crippen molar-refractivity contribution in [1.29, 1.82) is 0 Å². The molecule has 0 aromatic heterocycles. The summed E-state index contributed by atoms with van der Waals surface area (Å²) in [5.74, 6) is 1.00. The summed E-state index contributed by atoms with van der Waals surface area (Å²) < 4.78 is 0. The van der Waals surface area contributed by atoms with Crippen LogP contribution in [0.4, 0.5) is 5.69 Å². The highest BCUT2D eigenvalue weighted by molar-refractivity contribution is 7.99. The van der Waals surface area contributed by atoms with Crippen LogP contribution >= 0.6 is 35.0 Å². The van der Waals surface area contributed by atoms with Crippen molar-refractivity contribution in [3.05, 3.63) is 58.1 Å². The number of hydrogen-bond donors (Lipinski definition) is 1. The largest absolute Gasteiger partial charge is 0.399 e. The Hall–Kier alpha value is -0.830. The molecule has 0 fully saturated rings. The molecule has 0 aliphatic carbocycles. The normalized spacial score (nSPS) is 10.6. The molecule has 0 saturated heterocycles. The van der Waals surface area contributed by atoms with Gasteiger partial charge in [0.2, 0.25) is 0 Å². The number of nitrogen functional groups attached to an aromatic ring is 1. The maximum absolute atomic E-state index is 5.97. The van der Waals surface area contributed by atoms with Crippen molar-refractivity contribution in [2.45, 2.75) is 11.3 Å². The van der Waals surface area contributed by atoms with Crippen LogP contribution in [0.15, 0.2) is 47.4 Å². The molecule has 0 unspecified atom stereocenters. The minimum absolute atomic E-state index is 0.597. The molecular weight excluding hydrogens is 285 g/mol. The van der Waals surface area contributed by atoms with E-state index in [0.29, 0.717) is 10.0 Å². The minimum Gasteiger partial charge on any atom is -0.399 e. The molecule has 94 valence electrons. The maximum Gasteiger partial charge on any atom is 0.0603 e. The van der Waals surface area contributed by atoms with Crippen LogP contribution in [0.1, 0.15) is 5.56 Å². The molecule has 18 heavy (non-hydrogen) atoms. The predicted molar refractivity (Wildman–Crippen MR) is 81.7 cm³/mol. The molecule has 0 aliphatic rings. The van der Waals surface area contributed by atoms with Gasteiger partial charge in [0.05, 0.1) is 10.0 Å². The van der Waals surface area contributed by atoms with E-state index < -0.39 is 0 Å². The van der Waals surface area contributed by atoms with Gasteiger partial charge in [0.1, 0.15) is 0 Å². The van der Waals surface area contributed by atoms with Gasteiger partial charge in [-0.25, -0.2) is 0 Å². The van der Waals surface area contributed by atoms with Crippen LogP contribution in [-0.2, 0) is 6.42 Å². The van der Waals surface area contributed by atoms with Crippen LogP contribution in [0.2, 0.25) is 10.0 Å². The highest BCUT2D eigenvalue weighted by Gasteiger charge is 2.00. The van der Waals surface area contributed by atoms with Crippen LogP contribution in [-0.4, -0.2) is 5.75 Å². The number of thioether (sulfide) groups is 1. The molecule has 0 spiro atoms. The van der Waals surface area contributed by atoms with E-state index in [2.05, 4.69) is 12.1 Å². The minimum atomic E-state index is 0.597. The number of aryl methyl sites for hydroxylation is 1. The fraction of sp³-hybridized carbons (Fsp3) is 0.143. The summed E-state index contributed by atoms with van der Waals surface area (Å²) in [6.07, 6.45) is 1.01. The first-order valence-electron chi connectivity index (χ1n) is 5.57. The van der Waals surface area contributed by atoms with Gasteiger partial charge in [-0.1, -0.05) is 35.3 Å². The van der Waals surface area contributed by atoms with Crippen molar-refractivity contribution in [3.8, 4) is 0 Å². The first-order chi connectivity index (χ1) is 8.65. The van der Waals surface area contributed by atoms with Gasteiger partial charge in [-0.3, -0.25) is 0 Å². The average molecular weight is 298 g/mol. The van der Waals surface area contributed by atoms with E-state index in [4.69, 9.17) is 28.9 Å². The summed E-state index contributed by atoms with van der Waals surface area (Å²) in [5, 5.41) is 1.20. The third-order valence-electron chi connectivity index (χ3n) is 2.53. The van der Waals surface area contributed by atoms with Crippen molar-refractivity contribution < 1.29 is 0 Å². The zero-order valence-electron chi connectivity index (χ0n) is 9.70. The molecule has 0 radical (unpaired) electrons. The number of nitrogens with two attached hydrogens (primary N) is 1. The summed E-state index contributed by atoms with van der Waals surface area (Å²) in [4.78, 5) is 1.14. The first-order valence-corrected chi connectivity index (χ1v) is 7.31. The van der Waals surface area contributed by atoms with Gasteiger partial charge < -0.3 is 5.73 Å². The molecule has 0 bridgehead atoms. The topological polar surface area (TPSA) is 26.0 Å². The lowest BCUT2D eigenvalue weighted by Crippen LogP contribution is -1.90. The van der Waals surface area contributed by atoms with Crippen LogP contribution in [0.3, 0.4) is 0 Å². The zero-order valence-corrected chi connectivity index (χ0v) is 12.0. The van der Waals surface area contributed by atoms with Gasteiger partial charge in [0, 0.05) is 16.3 Å². The van der Waals surface area contributed by atoms with E-state index in [9.17, 15) is 0 Å². The molecule has 1 nitrogen and oxygen atoms in total. The first kappa shape index (κ1) is 13.6. The van der Waals surface area contributed by atoms with E-state index in [1.807, 2.05) is 30.3 Å². The Bertz CT molecular complexity index is 526. The summed E-state index contributed by atoms with van der Waals surface area (Å²) >= 11 is 13.6. The maximum atomic E-state index is 5.97. The van der Waals surface area contributed by atoms with Gasteiger partial charge in [-0.05, 0) is 42.3 Å². The summed E-state index contributed by atoms with van der Waals surface area (Å²) in [6, 6.07) is 13.7. The van der Waals surface area contributed by atoms with Crippen LogP contribution in [0.5, 0.6) is 0 Å². The SMILES string of the molecule is Nc1ccc(CCSc2ccc(Cl)c(Cl)c2)cc1. The van der Waals surface area contributed by atoms with E-state index in [0.717, 1.165) is 22.8 Å². The summed E-state index contributed by atoms with van der Waals surface area (Å²) in [7, 11) is 0. The second-order valence-corrected chi connectivity index (χ2v) is 5.90. The molecule has 2 aromatic rings. The van der Waals surface area contributed by atoms with Crippen LogP contribution in [0.25, 0.3) is 0 Å². The Morgan fingerprint density at radius 3 is 2.33 bits per heavy atom. The fourth-order valence-electron chi connectivity index (χ4n) is 1.54. The van der Waals surface area contributed by atoms with Crippen molar-refractivity contribution in [3.63, 3.8) is 0 Å². The molecule has 0 heterocycles. The molecule has 0 atom stereocenters. The lowest BCUT2D eigenvalue weighted by molar-refractivity contribution is 1.15. The highest BCUT2D eigenvalue weighted by Crippen LogP contribution is 2.28. The second-order valence-electron chi connectivity index (χ2n) is 3.92. The van der Waals surface area contributed by atoms with Crippen molar-refractivity contribution >= 4 is 40.7 Å². The van der Waals surface area contributed by atoms with Gasteiger partial charge in [-0.15, -0.1) is 11.8 Å². The second kappa shape index (κ2) is 6.37. The number of benzene rings is 2. The molecule has 4 heteroatoms. The number of hydrogen-bond acceptors (Lipinski definition) is 2. The van der Waals surface area contributed by atoms with Crippen LogP contribution in [0, 0.1) is 0 Å². The van der Waals surface area contributed by atoms with Crippen LogP contribution < -0.4 is 5.73 Å². The Kier molecular flexibility index (Phi) is 4.81. The number of rotatable bonds is 4. The zero-order chi connectivity index (χ0) is 13.0. The molecule has 2 aromatic carbocycles. The molecule has 0 aliphatic heterocycles. The van der Waals surface area contributed by atoms with Crippen molar-refractivity contribution in [2.24, 2.45) is 0 Å². The Labute approximate surface area is 121 Å². The lowest BCUT2D eigenvalue weighted by Gasteiger charge is -2.04. The third-order valence-corrected chi connectivity index (χ3v) is 4.26. The lowest BCUT2D eigenvalue weighted by atomic mass is 10.2. The molecule has 0 amide bonds. The van der Waals surface area contributed by atoms with Crippen molar-refractivity contribution in [1.82, 2.24) is 0 Å².